The first-order valence-corrected chi connectivity index (χ1v) is 6.43. The van der Waals surface area contributed by atoms with Crippen LogP contribution in [0.25, 0.3) is 0 Å². The molecule has 1 aromatic heterocycles. The highest BCUT2D eigenvalue weighted by Crippen LogP contribution is 2.33. The summed E-state index contributed by atoms with van der Waals surface area (Å²) in [5.41, 5.74) is 5.70. The minimum atomic E-state index is -0.378. The van der Waals surface area contributed by atoms with Crippen LogP contribution in [-0.4, -0.2) is 40.9 Å². The van der Waals surface area contributed by atoms with E-state index in [1.165, 1.54) is 11.5 Å². The van der Waals surface area contributed by atoms with Crippen molar-refractivity contribution in [2.75, 3.05) is 30.3 Å². The fraction of sp³-hybridized carbons (Fsp3) is 0.636. The largest absolute Gasteiger partial charge is 0.394 e. The normalized spacial score (nSPS) is 22.8. The molecule has 1 aromatic rings. The summed E-state index contributed by atoms with van der Waals surface area (Å²) in [6, 6.07) is 2.08. The highest BCUT2D eigenvalue weighted by molar-refractivity contribution is 7.10. The molecule has 1 saturated heterocycles. The number of nitrogens with two attached hydrogens (primary N) is 1. The molecule has 6 nitrogen and oxygen atoms in total. The standard InChI is InChI=1S/C11H16N4O2S/c1-11(2)6-15(4-7(5-16)17-11)10-8(3-12)9(13)14-18-10/h7,16H,4-6H2,1-2H3,(H2,13,14). The van der Waals surface area contributed by atoms with Crippen molar-refractivity contribution in [2.24, 2.45) is 0 Å². The van der Waals surface area contributed by atoms with Crippen LogP contribution in [0.5, 0.6) is 0 Å². The topological polar surface area (TPSA) is 95.4 Å². The molecule has 3 N–H and O–H groups in total. The average Bonchev–Trinajstić information content (AvgIpc) is 2.68. The zero-order valence-corrected chi connectivity index (χ0v) is 11.2. The lowest BCUT2D eigenvalue weighted by atomic mass is 10.1. The second kappa shape index (κ2) is 4.72. The van der Waals surface area contributed by atoms with Gasteiger partial charge in [0.15, 0.2) is 5.82 Å². The lowest BCUT2D eigenvalue weighted by Gasteiger charge is -2.42. The zero-order chi connectivity index (χ0) is 13.3. The minimum Gasteiger partial charge on any atom is -0.394 e. The first-order chi connectivity index (χ1) is 8.46. The van der Waals surface area contributed by atoms with Gasteiger partial charge in [-0.2, -0.15) is 9.64 Å². The van der Waals surface area contributed by atoms with Crippen LogP contribution in [0.2, 0.25) is 0 Å². The predicted octanol–water partition coefficient (Wildman–Crippen LogP) is 0.573. The van der Waals surface area contributed by atoms with Gasteiger partial charge in [-0.1, -0.05) is 0 Å². The van der Waals surface area contributed by atoms with E-state index in [9.17, 15) is 5.11 Å². The van der Waals surface area contributed by atoms with Gasteiger partial charge >= 0.3 is 0 Å². The van der Waals surface area contributed by atoms with Crippen LogP contribution in [0.4, 0.5) is 10.8 Å². The molecule has 1 aliphatic rings. The molecular weight excluding hydrogens is 252 g/mol. The Labute approximate surface area is 110 Å². The quantitative estimate of drug-likeness (QED) is 0.814. The highest BCUT2D eigenvalue weighted by atomic mass is 32.1. The summed E-state index contributed by atoms with van der Waals surface area (Å²) < 4.78 is 9.75. The van der Waals surface area contributed by atoms with Crippen molar-refractivity contribution in [3.63, 3.8) is 0 Å². The number of anilines is 2. The Morgan fingerprint density at radius 1 is 1.72 bits per heavy atom. The molecule has 0 aromatic carbocycles. The van der Waals surface area contributed by atoms with Crippen LogP contribution in [-0.2, 0) is 4.74 Å². The van der Waals surface area contributed by atoms with Crippen LogP contribution in [0, 0.1) is 11.3 Å². The third kappa shape index (κ3) is 2.41. The molecule has 1 atom stereocenters. The summed E-state index contributed by atoms with van der Waals surface area (Å²) in [6.45, 7) is 5.04. The zero-order valence-electron chi connectivity index (χ0n) is 10.4. The molecule has 0 spiro atoms. The van der Waals surface area contributed by atoms with Gasteiger partial charge < -0.3 is 20.5 Å². The summed E-state index contributed by atoms with van der Waals surface area (Å²) >= 11 is 1.21. The van der Waals surface area contributed by atoms with Crippen LogP contribution < -0.4 is 10.6 Å². The summed E-state index contributed by atoms with van der Waals surface area (Å²) in [5.74, 6) is 0.266. The van der Waals surface area contributed by atoms with Crippen LogP contribution in [0.1, 0.15) is 19.4 Å². The van der Waals surface area contributed by atoms with Gasteiger partial charge in [0.1, 0.15) is 16.6 Å². The van der Waals surface area contributed by atoms with E-state index in [0.29, 0.717) is 18.7 Å². The fourth-order valence-corrected chi connectivity index (χ4v) is 2.93. The molecule has 18 heavy (non-hydrogen) atoms. The number of morpholine rings is 1. The number of nitrogen functional groups attached to an aromatic ring is 1. The monoisotopic (exact) mass is 268 g/mol. The molecular formula is C11H16N4O2S. The second-order valence-electron chi connectivity index (χ2n) is 4.92. The van der Waals surface area contributed by atoms with Gasteiger partial charge in [-0.05, 0) is 25.4 Å². The van der Waals surface area contributed by atoms with E-state index in [4.69, 9.17) is 15.7 Å². The van der Waals surface area contributed by atoms with E-state index in [1.807, 2.05) is 18.7 Å². The van der Waals surface area contributed by atoms with E-state index in [-0.39, 0.29) is 24.1 Å². The smallest absolute Gasteiger partial charge is 0.157 e. The molecule has 1 unspecified atom stereocenters. The maximum absolute atomic E-state index is 9.27. The van der Waals surface area contributed by atoms with E-state index in [1.54, 1.807) is 0 Å². The second-order valence-corrected chi connectivity index (χ2v) is 5.67. The summed E-state index contributed by atoms with van der Waals surface area (Å²) in [4.78, 5) is 2.01. The average molecular weight is 268 g/mol. The molecule has 0 amide bonds. The van der Waals surface area contributed by atoms with E-state index < -0.39 is 0 Å². The van der Waals surface area contributed by atoms with Gasteiger partial charge in [0, 0.05) is 13.1 Å². The van der Waals surface area contributed by atoms with Crippen molar-refractivity contribution in [3.8, 4) is 6.07 Å². The Bertz CT molecular complexity index is 480. The maximum atomic E-state index is 9.27. The predicted molar refractivity (Wildman–Crippen MR) is 69.5 cm³/mol. The molecule has 7 heteroatoms. The number of aliphatic hydroxyl groups is 1. The van der Waals surface area contributed by atoms with Crippen molar-refractivity contribution < 1.29 is 9.84 Å². The summed E-state index contributed by atoms with van der Waals surface area (Å²) in [7, 11) is 0. The summed E-state index contributed by atoms with van der Waals surface area (Å²) in [6.07, 6.45) is -0.261. The van der Waals surface area contributed by atoms with Gasteiger partial charge in [-0.25, -0.2) is 0 Å². The SMILES string of the molecule is CC1(C)CN(c2snc(N)c2C#N)CC(CO)O1. The lowest BCUT2D eigenvalue weighted by molar-refractivity contribution is -0.100. The van der Waals surface area contributed by atoms with Crippen molar-refractivity contribution >= 4 is 22.4 Å². The Morgan fingerprint density at radius 2 is 2.44 bits per heavy atom. The number of hydrogen-bond acceptors (Lipinski definition) is 7. The molecule has 0 radical (unpaired) electrons. The molecule has 0 bridgehead atoms. The van der Waals surface area contributed by atoms with Crippen molar-refractivity contribution in [1.29, 1.82) is 5.26 Å². The number of aliphatic hydroxyl groups excluding tert-OH is 1. The Kier molecular flexibility index (Phi) is 3.43. The summed E-state index contributed by atoms with van der Waals surface area (Å²) in [5, 5.41) is 19.1. The Morgan fingerprint density at radius 3 is 3.06 bits per heavy atom. The number of nitrogens with zero attached hydrogens (tertiary/aromatic N) is 3. The highest BCUT2D eigenvalue weighted by Gasteiger charge is 2.35. The molecule has 2 heterocycles. The number of hydrogen-bond donors (Lipinski definition) is 2. The number of ether oxygens (including phenoxy) is 1. The van der Waals surface area contributed by atoms with Gasteiger partial charge in [0.05, 0.1) is 18.3 Å². The van der Waals surface area contributed by atoms with Crippen molar-refractivity contribution in [2.45, 2.75) is 25.6 Å². The molecule has 1 aliphatic heterocycles. The van der Waals surface area contributed by atoms with E-state index in [2.05, 4.69) is 10.4 Å². The van der Waals surface area contributed by atoms with Crippen LogP contribution >= 0.6 is 11.5 Å². The third-order valence-electron chi connectivity index (χ3n) is 2.78. The molecule has 2 rings (SSSR count). The van der Waals surface area contributed by atoms with Gasteiger partial charge in [0.2, 0.25) is 0 Å². The minimum absolute atomic E-state index is 0.0455. The van der Waals surface area contributed by atoms with Crippen LogP contribution in [0.3, 0.4) is 0 Å². The Hall–Kier alpha value is -1.36. The first-order valence-electron chi connectivity index (χ1n) is 5.65. The lowest BCUT2D eigenvalue weighted by Crippen LogP contribution is -2.54. The van der Waals surface area contributed by atoms with Gasteiger partial charge in [-0.3, -0.25) is 0 Å². The Balaban J connectivity index is 2.30. The third-order valence-corrected chi connectivity index (χ3v) is 3.71. The van der Waals surface area contributed by atoms with Crippen molar-refractivity contribution in [3.05, 3.63) is 5.56 Å². The fourth-order valence-electron chi connectivity index (χ4n) is 2.16. The van der Waals surface area contributed by atoms with Gasteiger partial charge in [-0.15, -0.1) is 0 Å². The maximum Gasteiger partial charge on any atom is 0.157 e. The molecule has 1 fully saturated rings. The molecule has 0 aliphatic carbocycles. The molecule has 98 valence electrons. The van der Waals surface area contributed by atoms with E-state index in [0.717, 1.165) is 5.00 Å². The van der Waals surface area contributed by atoms with Gasteiger partial charge in [0.25, 0.3) is 0 Å². The number of nitriles is 1. The number of aromatic nitrogens is 1. The van der Waals surface area contributed by atoms with Crippen molar-refractivity contribution in [1.82, 2.24) is 4.37 Å². The van der Waals surface area contributed by atoms with Crippen LogP contribution in [0.15, 0.2) is 0 Å². The van der Waals surface area contributed by atoms with E-state index >= 15 is 0 Å². The molecule has 0 saturated carbocycles. The number of rotatable bonds is 2. The first kappa shape index (κ1) is 13.1.